The first kappa shape index (κ1) is 11.6. The van der Waals surface area contributed by atoms with Gasteiger partial charge in [0.15, 0.2) is 5.56 Å². The van der Waals surface area contributed by atoms with Crippen molar-refractivity contribution in [3.05, 3.63) is 21.7 Å². The fourth-order valence-corrected chi connectivity index (χ4v) is 1.45. The molecule has 0 aromatic carbocycles. The van der Waals surface area contributed by atoms with E-state index in [-0.39, 0.29) is 5.56 Å². The van der Waals surface area contributed by atoms with Crippen molar-refractivity contribution in [2.24, 2.45) is 0 Å². The number of hydrogen-bond donors (Lipinski definition) is 1. The molecule has 84 valence electrons. The minimum absolute atomic E-state index is 0.258. The van der Waals surface area contributed by atoms with Crippen molar-refractivity contribution in [3.63, 3.8) is 0 Å². The Bertz CT molecular complexity index is 402. The zero-order valence-electron chi connectivity index (χ0n) is 8.95. The van der Waals surface area contributed by atoms with E-state index in [2.05, 4.69) is 6.92 Å². The van der Waals surface area contributed by atoms with Crippen molar-refractivity contribution in [1.82, 2.24) is 4.74 Å². The number of unbranched alkanes of at least 4 members (excludes halogenated alkanes) is 2. The summed E-state index contributed by atoms with van der Waals surface area (Å²) in [5.41, 5.74) is -0.633. The van der Waals surface area contributed by atoms with E-state index in [0.29, 0.717) is 12.2 Å². The van der Waals surface area contributed by atoms with Crippen LogP contribution in [0, 0.1) is 6.92 Å². The summed E-state index contributed by atoms with van der Waals surface area (Å²) in [6.45, 7) is 4.21. The molecule has 1 aromatic heterocycles. The molecule has 0 atom stereocenters. The molecule has 0 aliphatic carbocycles. The summed E-state index contributed by atoms with van der Waals surface area (Å²) in [7, 11) is 0. The second kappa shape index (κ2) is 4.82. The summed E-state index contributed by atoms with van der Waals surface area (Å²) >= 11 is 0. The smallest absolute Gasteiger partial charge is 0.372 e. The molecule has 1 aromatic rings. The normalized spacial score (nSPS) is 10.5. The lowest BCUT2D eigenvalue weighted by molar-refractivity contribution is 0.0693. The molecule has 0 aliphatic rings. The topological polar surface area (TPSA) is 72.4 Å². The standard InChI is InChI=1S/C10H15NO4/c1-3-4-5-6-11-7(2)8(9(12)13)10(14)15-11/h3-6H2,1-2H3,(H,12,13). The minimum Gasteiger partial charge on any atom is -0.477 e. The highest BCUT2D eigenvalue weighted by molar-refractivity contribution is 5.88. The maximum Gasteiger partial charge on any atom is 0.372 e. The van der Waals surface area contributed by atoms with E-state index in [0.717, 1.165) is 19.3 Å². The number of carboxylic acids is 1. The second-order valence-electron chi connectivity index (χ2n) is 3.45. The summed E-state index contributed by atoms with van der Waals surface area (Å²) in [4.78, 5) is 21.9. The van der Waals surface area contributed by atoms with Crippen LogP contribution in [0.4, 0.5) is 0 Å². The van der Waals surface area contributed by atoms with Gasteiger partial charge in [-0.2, -0.15) is 0 Å². The minimum atomic E-state index is -1.23. The highest BCUT2D eigenvalue weighted by Crippen LogP contribution is 2.07. The molecular formula is C10H15NO4. The number of aryl methyl sites for hydroxylation is 1. The van der Waals surface area contributed by atoms with Gasteiger partial charge in [0.05, 0.1) is 12.2 Å². The predicted molar refractivity (Wildman–Crippen MR) is 54.2 cm³/mol. The molecule has 0 saturated carbocycles. The number of rotatable bonds is 5. The second-order valence-corrected chi connectivity index (χ2v) is 3.45. The molecule has 0 aliphatic heterocycles. The van der Waals surface area contributed by atoms with Crippen molar-refractivity contribution >= 4 is 5.97 Å². The predicted octanol–water partition coefficient (Wildman–Crippen LogP) is 1.64. The van der Waals surface area contributed by atoms with Crippen molar-refractivity contribution < 1.29 is 14.4 Å². The van der Waals surface area contributed by atoms with Gasteiger partial charge in [0.1, 0.15) is 0 Å². The van der Waals surface area contributed by atoms with Crippen LogP contribution >= 0.6 is 0 Å². The fraction of sp³-hybridized carbons (Fsp3) is 0.600. The number of carbonyl (C=O) groups is 1. The van der Waals surface area contributed by atoms with Crippen LogP contribution in [0.15, 0.2) is 9.32 Å². The van der Waals surface area contributed by atoms with E-state index in [1.54, 1.807) is 6.92 Å². The van der Waals surface area contributed by atoms with Crippen LogP contribution in [-0.4, -0.2) is 15.8 Å². The maximum absolute atomic E-state index is 11.2. The quantitative estimate of drug-likeness (QED) is 0.754. The Labute approximate surface area is 87.3 Å². The van der Waals surface area contributed by atoms with Crippen LogP contribution in [0.2, 0.25) is 0 Å². The molecule has 0 unspecified atom stereocenters. The number of aromatic nitrogens is 1. The number of aromatic carboxylic acids is 1. The van der Waals surface area contributed by atoms with Crippen LogP contribution in [0.1, 0.15) is 42.2 Å². The first-order chi connectivity index (χ1) is 7.07. The van der Waals surface area contributed by atoms with Crippen molar-refractivity contribution in [1.29, 1.82) is 0 Å². The zero-order valence-corrected chi connectivity index (χ0v) is 8.95. The van der Waals surface area contributed by atoms with Gasteiger partial charge in [-0.3, -0.25) is 0 Å². The molecule has 0 fully saturated rings. The Morgan fingerprint density at radius 3 is 2.60 bits per heavy atom. The Morgan fingerprint density at radius 1 is 1.47 bits per heavy atom. The lowest BCUT2D eigenvalue weighted by Gasteiger charge is -2.01. The Hall–Kier alpha value is -1.52. The molecule has 0 spiro atoms. The van der Waals surface area contributed by atoms with Gasteiger partial charge in [-0.1, -0.05) is 19.8 Å². The average Bonchev–Trinajstić information content (AvgIpc) is 2.42. The van der Waals surface area contributed by atoms with Crippen LogP contribution in [-0.2, 0) is 6.54 Å². The van der Waals surface area contributed by atoms with Gasteiger partial charge in [-0.15, -0.1) is 0 Å². The molecule has 1 rings (SSSR count). The SMILES string of the molecule is CCCCCn1oc(=O)c(C(=O)O)c1C. The molecule has 5 nitrogen and oxygen atoms in total. The maximum atomic E-state index is 11.2. The summed E-state index contributed by atoms with van der Waals surface area (Å²) in [6, 6.07) is 0. The lowest BCUT2D eigenvalue weighted by atomic mass is 10.2. The first-order valence-electron chi connectivity index (χ1n) is 5.02. The van der Waals surface area contributed by atoms with Crippen molar-refractivity contribution in [2.75, 3.05) is 0 Å². The Morgan fingerprint density at radius 2 is 2.13 bits per heavy atom. The van der Waals surface area contributed by atoms with Crippen molar-refractivity contribution in [3.8, 4) is 0 Å². The highest BCUT2D eigenvalue weighted by atomic mass is 16.5. The molecule has 15 heavy (non-hydrogen) atoms. The summed E-state index contributed by atoms with van der Waals surface area (Å²) in [5, 5.41) is 8.76. The highest BCUT2D eigenvalue weighted by Gasteiger charge is 2.19. The monoisotopic (exact) mass is 213 g/mol. The van der Waals surface area contributed by atoms with Crippen molar-refractivity contribution in [2.45, 2.75) is 39.7 Å². The average molecular weight is 213 g/mol. The summed E-state index contributed by atoms with van der Waals surface area (Å²) in [5.74, 6) is -1.23. The summed E-state index contributed by atoms with van der Waals surface area (Å²) in [6.07, 6.45) is 2.98. The van der Waals surface area contributed by atoms with Gasteiger partial charge >= 0.3 is 11.6 Å². The van der Waals surface area contributed by atoms with E-state index in [9.17, 15) is 9.59 Å². The molecule has 0 bridgehead atoms. The van der Waals surface area contributed by atoms with Crippen LogP contribution in [0.25, 0.3) is 0 Å². The van der Waals surface area contributed by atoms with Gasteiger partial charge in [-0.25, -0.2) is 14.3 Å². The van der Waals surface area contributed by atoms with Crippen LogP contribution < -0.4 is 5.63 Å². The molecule has 0 saturated heterocycles. The van der Waals surface area contributed by atoms with Crippen LogP contribution in [0.3, 0.4) is 0 Å². The zero-order chi connectivity index (χ0) is 11.4. The van der Waals surface area contributed by atoms with E-state index >= 15 is 0 Å². The third kappa shape index (κ3) is 2.49. The number of carboxylic acid groups (broad SMARTS) is 1. The third-order valence-corrected chi connectivity index (χ3v) is 2.31. The molecule has 1 N–H and O–H groups in total. The Kier molecular flexibility index (Phi) is 3.71. The van der Waals surface area contributed by atoms with E-state index in [1.165, 1.54) is 4.74 Å². The molecule has 0 radical (unpaired) electrons. The van der Waals surface area contributed by atoms with E-state index < -0.39 is 11.6 Å². The van der Waals surface area contributed by atoms with E-state index in [1.807, 2.05) is 0 Å². The molecule has 5 heteroatoms. The van der Waals surface area contributed by atoms with Gasteiger partial charge in [0.25, 0.3) is 0 Å². The largest absolute Gasteiger partial charge is 0.477 e. The lowest BCUT2D eigenvalue weighted by Crippen LogP contribution is -2.09. The third-order valence-electron chi connectivity index (χ3n) is 2.31. The fourth-order valence-electron chi connectivity index (χ4n) is 1.45. The van der Waals surface area contributed by atoms with Gasteiger partial charge in [-0.05, 0) is 13.3 Å². The van der Waals surface area contributed by atoms with Gasteiger partial charge in [0, 0.05) is 0 Å². The first-order valence-corrected chi connectivity index (χ1v) is 5.02. The number of hydrogen-bond acceptors (Lipinski definition) is 3. The molecular weight excluding hydrogens is 198 g/mol. The number of nitrogens with zero attached hydrogens (tertiary/aromatic N) is 1. The van der Waals surface area contributed by atoms with Crippen LogP contribution in [0.5, 0.6) is 0 Å². The van der Waals surface area contributed by atoms with Gasteiger partial charge in [0.2, 0.25) is 0 Å². The molecule has 0 amide bonds. The van der Waals surface area contributed by atoms with Gasteiger partial charge < -0.3 is 9.63 Å². The molecule has 1 heterocycles. The Balaban J connectivity index is 2.87. The van der Waals surface area contributed by atoms with E-state index in [4.69, 9.17) is 9.63 Å². The summed E-state index contributed by atoms with van der Waals surface area (Å²) < 4.78 is 6.20.